The van der Waals surface area contributed by atoms with Gasteiger partial charge in [0.25, 0.3) is 0 Å². The van der Waals surface area contributed by atoms with Crippen LogP contribution in [0.1, 0.15) is 20.9 Å². The highest BCUT2D eigenvalue weighted by Crippen LogP contribution is 2.37. The summed E-state index contributed by atoms with van der Waals surface area (Å²) >= 11 is 0. The van der Waals surface area contributed by atoms with Crippen LogP contribution in [0.3, 0.4) is 0 Å². The normalized spacial score (nSPS) is 14.0. The highest BCUT2D eigenvalue weighted by atomic mass is 16.3. The third-order valence-electron chi connectivity index (χ3n) is 4.26. The Morgan fingerprint density at radius 3 is 2.78 bits per heavy atom. The SMILES string of the molecule is [2H]C([2H])([2H])c1cc(C)nc2oc3c(-c4cccc[n+]4C)c(C)ccc3c12. The molecule has 3 nitrogen and oxygen atoms in total. The van der Waals surface area contributed by atoms with E-state index in [1.54, 1.807) is 13.0 Å². The molecule has 1 aromatic carbocycles. The Kier molecular flexibility index (Phi) is 2.34. The van der Waals surface area contributed by atoms with Crippen molar-refractivity contribution in [2.45, 2.75) is 20.7 Å². The number of nitrogens with zero attached hydrogens (tertiary/aromatic N) is 2. The molecule has 0 saturated carbocycles. The summed E-state index contributed by atoms with van der Waals surface area (Å²) in [4.78, 5) is 4.45. The van der Waals surface area contributed by atoms with Gasteiger partial charge in [0.2, 0.25) is 11.4 Å². The smallest absolute Gasteiger partial charge is 0.227 e. The Morgan fingerprint density at radius 2 is 2.00 bits per heavy atom. The van der Waals surface area contributed by atoms with E-state index in [2.05, 4.69) is 4.98 Å². The molecule has 4 rings (SSSR count). The second kappa shape index (κ2) is 4.92. The maximum Gasteiger partial charge on any atom is 0.227 e. The molecule has 4 aromatic rings. The van der Waals surface area contributed by atoms with Crippen LogP contribution in [-0.2, 0) is 7.05 Å². The van der Waals surface area contributed by atoms with Crippen molar-refractivity contribution < 1.29 is 13.1 Å². The van der Waals surface area contributed by atoms with E-state index in [0.717, 1.165) is 22.2 Å². The van der Waals surface area contributed by atoms with Gasteiger partial charge in [0.15, 0.2) is 11.8 Å². The van der Waals surface area contributed by atoms with Crippen LogP contribution in [0.15, 0.2) is 47.0 Å². The molecule has 0 fully saturated rings. The molecule has 3 heteroatoms. The first kappa shape index (κ1) is 10.9. The molecule has 3 heterocycles. The van der Waals surface area contributed by atoms with E-state index >= 15 is 0 Å². The van der Waals surface area contributed by atoms with Crippen molar-refractivity contribution in [2.24, 2.45) is 7.05 Å². The van der Waals surface area contributed by atoms with Crippen molar-refractivity contribution in [3.05, 3.63) is 59.4 Å². The van der Waals surface area contributed by atoms with Crippen LogP contribution < -0.4 is 4.57 Å². The van der Waals surface area contributed by atoms with Crippen LogP contribution in [0, 0.1) is 20.7 Å². The minimum absolute atomic E-state index is 0.283. The van der Waals surface area contributed by atoms with E-state index in [9.17, 15) is 0 Å². The molecule has 0 saturated heterocycles. The maximum atomic E-state index is 7.92. The first-order valence-corrected chi connectivity index (χ1v) is 7.56. The molecule has 0 aliphatic rings. The van der Waals surface area contributed by atoms with E-state index in [-0.39, 0.29) is 5.56 Å². The fourth-order valence-electron chi connectivity index (χ4n) is 3.16. The lowest BCUT2D eigenvalue weighted by molar-refractivity contribution is -0.660. The standard InChI is InChI=1S/C20H19N2O/c1-12-8-9-15-17-13(2)11-14(3)21-20(17)23-19(15)18(12)16-7-5-6-10-22(16)4/h5-11H,1-4H3/q+1/i2D3. The molecule has 0 aliphatic carbocycles. The molecule has 0 bridgehead atoms. The predicted octanol–water partition coefficient (Wildman–Crippen LogP) is 4.40. The zero-order chi connectivity index (χ0) is 18.6. The van der Waals surface area contributed by atoms with E-state index in [0.29, 0.717) is 22.4 Å². The minimum atomic E-state index is -2.23. The highest BCUT2D eigenvalue weighted by Gasteiger charge is 2.21. The zero-order valence-electron chi connectivity index (χ0n) is 16.3. The number of benzene rings is 1. The number of furan rings is 1. The van der Waals surface area contributed by atoms with Gasteiger partial charge in [0, 0.05) is 27.3 Å². The summed E-state index contributed by atoms with van der Waals surface area (Å²) in [6.07, 6.45) is 1.98. The van der Waals surface area contributed by atoms with E-state index < -0.39 is 6.85 Å². The second-order valence-electron chi connectivity index (χ2n) is 5.92. The molecule has 0 unspecified atom stereocenters. The largest absolute Gasteiger partial charge is 0.437 e. The average molecular weight is 306 g/mol. The molecule has 3 aromatic heterocycles. The van der Waals surface area contributed by atoms with E-state index in [4.69, 9.17) is 8.53 Å². The Balaban J connectivity index is 2.19. The molecule has 0 aliphatic heterocycles. The fourth-order valence-corrected chi connectivity index (χ4v) is 3.16. The van der Waals surface area contributed by atoms with Gasteiger partial charge in [0.1, 0.15) is 7.05 Å². The Bertz CT molecular complexity index is 1160. The summed E-state index contributed by atoms with van der Waals surface area (Å²) in [5.41, 5.74) is 4.98. The Labute approximate surface area is 139 Å². The van der Waals surface area contributed by atoms with Gasteiger partial charge in [-0.2, -0.15) is 0 Å². The molecular formula is C20H19N2O+. The van der Waals surface area contributed by atoms with Crippen LogP contribution in [0.2, 0.25) is 0 Å². The number of hydrogen-bond donors (Lipinski definition) is 0. The maximum absolute atomic E-state index is 7.92. The number of aryl methyl sites for hydroxylation is 4. The van der Waals surface area contributed by atoms with Crippen LogP contribution in [0.25, 0.3) is 33.3 Å². The van der Waals surface area contributed by atoms with Crippen LogP contribution in [0.5, 0.6) is 0 Å². The van der Waals surface area contributed by atoms with Crippen molar-refractivity contribution in [1.29, 1.82) is 0 Å². The summed E-state index contributed by atoms with van der Waals surface area (Å²) in [5, 5.41) is 1.36. The quantitative estimate of drug-likeness (QED) is 0.488. The number of rotatable bonds is 1. The molecule has 114 valence electrons. The van der Waals surface area contributed by atoms with Gasteiger partial charge in [-0.3, -0.25) is 0 Å². The summed E-state index contributed by atoms with van der Waals surface area (Å²) in [6.45, 7) is 1.58. The highest BCUT2D eigenvalue weighted by molar-refractivity contribution is 6.10. The lowest BCUT2D eigenvalue weighted by Crippen LogP contribution is -2.30. The molecule has 0 spiro atoms. The summed E-state index contributed by atoms with van der Waals surface area (Å²) in [7, 11) is 1.98. The average Bonchev–Trinajstić information content (AvgIpc) is 2.92. The topological polar surface area (TPSA) is 29.9 Å². The molecular weight excluding hydrogens is 284 g/mol. The van der Waals surface area contributed by atoms with Crippen LogP contribution in [-0.4, -0.2) is 4.98 Å². The lowest BCUT2D eigenvalue weighted by Gasteiger charge is -2.05. The van der Waals surface area contributed by atoms with Crippen LogP contribution >= 0.6 is 0 Å². The molecule has 0 radical (unpaired) electrons. The molecule has 0 N–H and O–H groups in total. The summed E-state index contributed by atoms with van der Waals surface area (Å²) < 4.78 is 31.9. The van der Waals surface area contributed by atoms with Crippen molar-refractivity contribution >= 4 is 22.1 Å². The molecule has 23 heavy (non-hydrogen) atoms. The first-order chi connectivity index (χ1) is 12.3. The minimum Gasteiger partial charge on any atom is -0.437 e. The van der Waals surface area contributed by atoms with Gasteiger partial charge < -0.3 is 4.42 Å². The van der Waals surface area contributed by atoms with Gasteiger partial charge in [-0.25, -0.2) is 9.55 Å². The number of fused-ring (bicyclic) bond motifs is 3. The van der Waals surface area contributed by atoms with Crippen molar-refractivity contribution in [1.82, 2.24) is 4.98 Å². The van der Waals surface area contributed by atoms with E-state index in [1.165, 1.54) is 0 Å². The fraction of sp³-hybridized carbons (Fsp3) is 0.200. The Hall–Kier alpha value is -2.68. The predicted molar refractivity (Wildman–Crippen MR) is 92.3 cm³/mol. The number of hydrogen-bond acceptors (Lipinski definition) is 2. The van der Waals surface area contributed by atoms with Crippen LogP contribution in [0.4, 0.5) is 0 Å². The lowest BCUT2D eigenvalue weighted by atomic mass is 10.00. The third-order valence-corrected chi connectivity index (χ3v) is 4.26. The van der Waals surface area contributed by atoms with Crippen molar-refractivity contribution in [2.75, 3.05) is 0 Å². The molecule has 0 amide bonds. The van der Waals surface area contributed by atoms with Gasteiger partial charge >= 0.3 is 0 Å². The second-order valence-corrected chi connectivity index (χ2v) is 5.92. The van der Waals surface area contributed by atoms with E-state index in [1.807, 2.05) is 55.1 Å². The third kappa shape index (κ3) is 2.04. The number of pyridine rings is 2. The monoisotopic (exact) mass is 306 g/mol. The van der Waals surface area contributed by atoms with Gasteiger partial charge in [-0.05, 0) is 44.0 Å². The Morgan fingerprint density at radius 1 is 1.13 bits per heavy atom. The van der Waals surface area contributed by atoms with Crippen molar-refractivity contribution in [3.8, 4) is 11.3 Å². The zero-order valence-corrected chi connectivity index (χ0v) is 13.3. The van der Waals surface area contributed by atoms with Gasteiger partial charge in [-0.15, -0.1) is 0 Å². The first-order valence-electron chi connectivity index (χ1n) is 9.06. The summed E-state index contributed by atoms with van der Waals surface area (Å²) in [5.74, 6) is 0. The molecule has 0 atom stereocenters. The number of aromatic nitrogens is 2. The van der Waals surface area contributed by atoms with Crippen molar-refractivity contribution in [3.63, 3.8) is 0 Å². The summed E-state index contributed by atoms with van der Waals surface area (Å²) in [6, 6.07) is 11.5. The van der Waals surface area contributed by atoms with Gasteiger partial charge in [-0.1, -0.05) is 12.1 Å². The van der Waals surface area contributed by atoms with Gasteiger partial charge in [0.05, 0.1) is 10.9 Å².